The Kier molecular flexibility index (Phi) is 6.63. The van der Waals surface area contributed by atoms with Crippen molar-refractivity contribution in [3.05, 3.63) is 68.9 Å². The number of aromatic amines is 1. The van der Waals surface area contributed by atoms with Crippen LogP contribution in [0.4, 0.5) is 0 Å². The second-order valence-corrected chi connectivity index (χ2v) is 6.07. The standard InChI is InChI=1S/C21H21N3O6/c1-3-28-18-11-14(9-10-17(18)30-13-19(25)29-4-2)12-22-24-20(26)15-7-5-6-8-16(15)23-21(24)27/h5-12H,3-4,13H2,1-2H3,(H,23,27). The third-order valence-electron chi connectivity index (χ3n) is 4.02. The predicted molar refractivity (Wildman–Crippen MR) is 112 cm³/mol. The lowest BCUT2D eigenvalue weighted by atomic mass is 10.2. The van der Waals surface area contributed by atoms with Crippen LogP contribution in [0, 0.1) is 0 Å². The van der Waals surface area contributed by atoms with E-state index in [0.29, 0.717) is 34.6 Å². The second-order valence-electron chi connectivity index (χ2n) is 6.07. The van der Waals surface area contributed by atoms with Crippen molar-refractivity contribution in [2.75, 3.05) is 19.8 Å². The minimum absolute atomic E-state index is 0.247. The normalized spacial score (nSPS) is 11.0. The summed E-state index contributed by atoms with van der Waals surface area (Å²) in [5.41, 5.74) is -0.151. The molecule has 0 aliphatic carbocycles. The fourth-order valence-corrected chi connectivity index (χ4v) is 2.71. The Labute approximate surface area is 171 Å². The molecule has 0 saturated carbocycles. The van der Waals surface area contributed by atoms with Crippen LogP contribution >= 0.6 is 0 Å². The van der Waals surface area contributed by atoms with Gasteiger partial charge in [0.25, 0.3) is 5.56 Å². The summed E-state index contributed by atoms with van der Waals surface area (Å²) in [5.74, 6) is 0.272. The van der Waals surface area contributed by atoms with E-state index in [-0.39, 0.29) is 13.2 Å². The van der Waals surface area contributed by atoms with Crippen molar-refractivity contribution in [1.29, 1.82) is 0 Å². The number of carbonyl (C=O) groups excluding carboxylic acids is 1. The molecule has 0 bridgehead atoms. The van der Waals surface area contributed by atoms with E-state index in [9.17, 15) is 14.4 Å². The third-order valence-corrected chi connectivity index (χ3v) is 4.02. The summed E-state index contributed by atoms with van der Waals surface area (Å²) in [6.45, 7) is 3.92. The summed E-state index contributed by atoms with van der Waals surface area (Å²) >= 11 is 0. The number of fused-ring (bicyclic) bond motifs is 1. The molecule has 2 aromatic carbocycles. The molecule has 1 heterocycles. The van der Waals surface area contributed by atoms with E-state index in [1.807, 2.05) is 6.92 Å². The van der Waals surface area contributed by atoms with Gasteiger partial charge < -0.3 is 19.2 Å². The second kappa shape index (κ2) is 9.55. The summed E-state index contributed by atoms with van der Waals surface area (Å²) in [6, 6.07) is 11.6. The van der Waals surface area contributed by atoms with Gasteiger partial charge in [-0.3, -0.25) is 4.79 Å². The summed E-state index contributed by atoms with van der Waals surface area (Å²) in [4.78, 5) is 38.9. The van der Waals surface area contributed by atoms with Crippen LogP contribution in [-0.4, -0.2) is 41.7 Å². The van der Waals surface area contributed by atoms with Crippen LogP contribution in [0.1, 0.15) is 19.4 Å². The highest BCUT2D eigenvalue weighted by molar-refractivity contribution is 5.81. The van der Waals surface area contributed by atoms with E-state index in [4.69, 9.17) is 14.2 Å². The number of para-hydroxylation sites is 1. The first kappa shape index (κ1) is 20.8. The highest BCUT2D eigenvalue weighted by Gasteiger charge is 2.10. The number of carbonyl (C=O) groups is 1. The smallest absolute Gasteiger partial charge is 0.349 e. The molecule has 1 N–H and O–H groups in total. The number of nitrogens with zero attached hydrogens (tertiary/aromatic N) is 2. The molecular formula is C21H21N3O6. The highest BCUT2D eigenvalue weighted by Crippen LogP contribution is 2.28. The van der Waals surface area contributed by atoms with Crippen molar-refractivity contribution in [3.63, 3.8) is 0 Å². The lowest BCUT2D eigenvalue weighted by Crippen LogP contribution is -2.32. The molecule has 9 heteroatoms. The summed E-state index contributed by atoms with van der Waals surface area (Å²) in [6.07, 6.45) is 1.36. The van der Waals surface area contributed by atoms with Crippen LogP contribution in [0.2, 0.25) is 0 Å². The predicted octanol–water partition coefficient (Wildman–Crippen LogP) is 1.91. The Bertz CT molecular complexity index is 1200. The van der Waals surface area contributed by atoms with Crippen molar-refractivity contribution in [2.24, 2.45) is 5.10 Å². The number of H-pyrrole nitrogens is 1. The number of aromatic nitrogens is 2. The number of nitrogens with one attached hydrogen (secondary N) is 1. The van der Waals surface area contributed by atoms with E-state index < -0.39 is 17.2 Å². The molecule has 0 saturated heterocycles. The number of ether oxygens (including phenoxy) is 3. The molecule has 0 spiro atoms. The zero-order valence-electron chi connectivity index (χ0n) is 16.6. The molecule has 0 unspecified atom stereocenters. The largest absolute Gasteiger partial charge is 0.490 e. The Morgan fingerprint density at radius 3 is 2.63 bits per heavy atom. The van der Waals surface area contributed by atoms with Crippen molar-refractivity contribution >= 4 is 23.1 Å². The first-order chi connectivity index (χ1) is 14.5. The van der Waals surface area contributed by atoms with E-state index in [1.54, 1.807) is 49.4 Å². The minimum Gasteiger partial charge on any atom is -0.490 e. The van der Waals surface area contributed by atoms with E-state index in [1.165, 1.54) is 6.21 Å². The Morgan fingerprint density at radius 1 is 1.07 bits per heavy atom. The van der Waals surface area contributed by atoms with Gasteiger partial charge >= 0.3 is 11.7 Å². The Hall–Kier alpha value is -3.88. The van der Waals surface area contributed by atoms with Gasteiger partial charge in [-0.1, -0.05) is 12.1 Å². The number of benzene rings is 2. The molecule has 9 nitrogen and oxygen atoms in total. The van der Waals surface area contributed by atoms with Gasteiger partial charge in [0.2, 0.25) is 0 Å². The highest BCUT2D eigenvalue weighted by atomic mass is 16.6. The van der Waals surface area contributed by atoms with Crippen LogP contribution < -0.4 is 20.7 Å². The van der Waals surface area contributed by atoms with Gasteiger partial charge in [-0.05, 0) is 49.7 Å². The van der Waals surface area contributed by atoms with Crippen LogP contribution in [0.5, 0.6) is 11.5 Å². The molecule has 0 atom stereocenters. The average molecular weight is 411 g/mol. The maximum atomic E-state index is 12.5. The van der Waals surface area contributed by atoms with Crippen LogP contribution in [0.15, 0.2) is 57.2 Å². The molecule has 0 fully saturated rings. The molecule has 3 aromatic rings. The van der Waals surface area contributed by atoms with Crippen molar-refractivity contribution in [3.8, 4) is 11.5 Å². The van der Waals surface area contributed by atoms with Gasteiger partial charge in [0.05, 0.1) is 30.3 Å². The SMILES string of the molecule is CCOC(=O)COc1ccc(C=Nn2c(=O)[nH]c3ccccc3c2=O)cc1OCC. The molecule has 0 aliphatic heterocycles. The van der Waals surface area contributed by atoms with E-state index in [2.05, 4.69) is 10.1 Å². The van der Waals surface area contributed by atoms with Crippen LogP contribution in [-0.2, 0) is 9.53 Å². The zero-order chi connectivity index (χ0) is 21.5. The molecule has 30 heavy (non-hydrogen) atoms. The van der Waals surface area contributed by atoms with Gasteiger partial charge in [-0.25, -0.2) is 9.59 Å². The maximum absolute atomic E-state index is 12.5. The lowest BCUT2D eigenvalue weighted by Gasteiger charge is -2.12. The molecule has 0 aliphatic rings. The van der Waals surface area contributed by atoms with Gasteiger partial charge in [0.15, 0.2) is 18.1 Å². The molecular weight excluding hydrogens is 390 g/mol. The Balaban J connectivity index is 1.88. The van der Waals surface area contributed by atoms with Gasteiger partial charge in [-0.2, -0.15) is 5.10 Å². The zero-order valence-corrected chi connectivity index (χ0v) is 16.6. The molecule has 0 radical (unpaired) electrons. The minimum atomic E-state index is -0.644. The fourth-order valence-electron chi connectivity index (χ4n) is 2.71. The van der Waals surface area contributed by atoms with Crippen LogP contribution in [0.3, 0.4) is 0 Å². The molecule has 156 valence electrons. The fraction of sp³-hybridized carbons (Fsp3) is 0.238. The number of esters is 1. The molecule has 3 rings (SSSR count). The third kappa shape index (κ3) is 4.75. The van der Waals surface area contributed by atoms with E-state index in [0.717, 1.165) is 4.68 Å². The van der Waals surface area contributed by atoms with E-state index >= 15 is 0 Å². The average Bonchev–Trinajstić information content (AvgIpc) is 2.73. The summed E-state index contributed by atoms with van der Waals surface area (Å²) in [5, 5.41) is 4.37. The first-order valence-corrected chi connectivity index (χ1v) is 9.37. The van der Waals surface area contributed by atoms with Crippen molar-refractivity contribution < 1.29 is 19.0 Å². The molecule has 1 aromatic heterocycles. The van der Waals surface area contributed by atoms with Gasteiger partial charge in [-0.15, -0.1) is 4.68 Å². The Morgan fingerprint density at radius 2 is 1.87 bits per heavy atom. The number of hydrogen-bond acceptors (Lipinski definition) is 7. The quantitative estimate of drug-likeness (QED) is 0.448. The topological polar surface area (TPSA) is 112 Å². The van der Waals surface area contributed by atoms with Crippen molar-refractivity contribution in [2.45, 2.75) is 13.8 Å². The maximum Gasteiger partial charge on any atom is 0.349 e. The lowest BCUT2D eigenvalue weighted by molar-refractivity contribution is -0.145. The summed E-state index contributed by atoms with van der Waals surface area (Å²) < 4.78 is 16.6. The monoisotopic (exact) mass is 411 g/mol. The van der Waals surface area contributed by atoms with Crippen LogP contribution in [0.25, 0.3) is 10.9 Å². The van der Waals surface area contributed by atoms with Gasteiger partial charge in [0.1, 0.15) is 0 Å². The first-order valence-electron chi connectivity index (χ1n) is 9.37. The van der Waals surface area contributed by atoms with Gasteiger partial charge in [0, 0.05) is 0 Å². The van der Waals surface area contributed by atoms with Crippen molar-refractivity contribution in [1.82, 2.24) is 9.66 Å². The number of rotatable bonds is 8. The summed E-state index contributed by atoms with van der Waals surface area (Å²) in [7, 11) is 0. The number of hydrogen-bond donors (Lipinski definition) is 1. The molecule has 0 amide bonds.